The van der Waals surface area contributed by atoms with E-state index in [0.717, 1.165) is 5.56 Å². The van der Waals surface area contributed by atoms with Crippen molar-refractivity contribution in [3.05, 3.63) is 72.3 Å². The second-order valence-electron chi connectivity index (χ2n) is 8.14. The van der Waals surface area contributed by atoms with Gasteiger partial charge in [-0.05, 0) is 60.9 Å². The van der Waals surface area contributed by atoms with Gasteiger partial charge in [0.25, 0.3) is 15.9 Å². The van der Waals surface area contributed by atoms with E-state index in [-0.39, 0.29) is 22.4 Å². The molecule has 0 aromatic heterocycles. The average Bonchev–Trinajstić information content (AvgIpc) is 2.84. The average molecular weight is 499 g/mol. The minimum absolute atomic E-state index is 0.0310. The van der Waals surface area contributed by atoms with Crippen LogP contribution in [0.2, 0.25) is 0 Å². The molecular weight excluding hydrogens is 468 g/mol. The molecule has 3 aromatic rings. The molecule has 35 heavy (non-hydrogen) atoms. The molecule has 0 spiro atoms. The Hall–Kier alpha value is -3.72. The first-order valence-corrected chi connectivity index (χ1v) is 12.5. The van der Waals surface area contributed by atoms with E-state index in [2.05, 4.69) is 23.9 Å². The molecule has 0 heterocycles. The highest BCUT2D eigenvalue weighted by Gasteiger charge is 2.20. The lowest BCUT2D eigenvalue weighted by atomic mass is 10.0. The molecule has 0 saturated heterocycles. The lowest BCUT2D eigenvalue weighted by Gasteiger charge is -2.19. The number of sulfonamides is 1. The molecule has 0 unspecified atom stereocenters. The molecule has 0 aliphatic carbocycles. The third-order valence-corrected chi connectivity index (χ3v) is 6.68. The van der Waals surface area contributed by atoms with E-state index in [1.807, 2.05) is 24.3 Å². The van der Waals surface area contributed by atoms with Gasteiger partial charge in [-0.1, -0.05) is 32.0 Å². The highest BCUT2D eigenvalue weighted by atomic mass is 32.2. The highest BCUT2D eigenvalue weighted by Crippen LogP contribution is 2.31. The Kier molecular flexibility index (Phi) is 8.24. The van der Waals surface area contributed by atoms with Gasteiger partial charge in [-0.25, -0.2) is 8.42 Å². The summed E-state index contributed by atoms with van der Waals surface area (Å²) in [6.45, 7) is 5.78. The van der Waals surface area contributed by atoms with Crippen LogP contribution in [0.4, 0.5) is 11.4 Å². The maximum atomic E-state index is 12.9. The molecule has 1 amide bonds. The number of rotatable bonds is 10. The van der Waals surface area contributed by atoms with Crippen molar-refractivity contribution < 1.29 is 27.4 Å². The molecule has 0 bridgehead atoms. The molecule has 0 fully saturated rings. The lowest BCUT2D eigenvalue weighted by molar-refractivity contribution is -0.122. The van der Waals surface area contributed by atoms with Crippen molar-refractivity contribution in [3.8, 4) is 17.2 Å². The molecule has 3 rings (SSSR count). The topological polar surface area (TPSA) is 103 Å². The molecule has 186 valence electrons. The van der Waals surface area contributed by atoms with Crippen LogP contribution in [-0.4, -0.2) is 34.6 Å². The van der Waals surface area contributed by atoms with E-state index in [0.29, 0.717) is 22.9 Å². The summed E-state index contributed by atoms with van der Waals surface area (Å²) < 4.78 is 44.5. The number of carbonyl (C=O) groups excluding carboxylic acids is 1. The van der Waals surface area contributed by atoms with Gasteiger partial charge in [0, 0.05) is 11.8 Å². The van der Waals surface area contributed by atoms with Gasteiger partial charge in [-0.2, -0.15) is 0 Å². The van der Waals surface area contributed by atoms with Crippen molar-refractivity contribution >= 4 is 27.3 Å². The number of nitrogens with one attached hydrogen (secondary N) is 2. The van der Waals surface area contributed by atoms with Gasteiger partial charge in [0.1, 0.15) is 17.2 Å². The van der Waals surface area contributed by atoms with E-state index < -0.39 is 16.1 Å². The molecular formula is C26H30N2O6S. The van der Waals surface area contributed by atoms with Crippen molar-refractivity contribution in [1.82, 2.24) is 0 Å². The predicted octanol–water partition coefficient (Wildman–Crippen LogP) is 5.03. The maximum Gasteiger partial charge on any atom is 0.265 e. The van der Waals surface area contributed by atoms with Crippen LogP contribution in [-0.2, 0) is 14.8 Å². The van der Waals surface area contributed by atoms with E-state index >= 15 is 0 Å². The fourth-order valence-electron chi connectivity index (χ4n) is 3.36. The van der Waals surface area contributed by atoms with Gasteiger partial charge in [0.15, 0.2) is 6.10 Å². The van der Waals surface area contributed by atoms with Crippen molar-refractivity contribution in [1.29, 1.82) is 0 Å². The molecule has 0 aliphatic rings. The van der Waals surface area contributed by atoms with Crippen LogP contribution in [0.1, 0.15) is 32.3 Å². The van der Waals surface area contributed by atoms with E-state index in [1.54, 1.807) is 25.1 Å². The third kappa shape index (κ3) is 6.45. The molecule has 3 aromatic carbocycles. The molecule has 1 atom stereocenters. The number of benzene rings is 3. The van der Waals surface area contributed by atoms with E-state index in [1.165, 1.54) is 38.5 Å². The van der Waals surface area contributed by atoms with Gasteiger partial charge in [-0.15, -0.1) is 0 Å². The first-order valence-electron chi connectivity index (χ1n) is 11.1. The van der Waals surface area contributed by atoms with Gasteiger partial charge >= 0.3 is 0 Å². The molecule has 9 heteroatoms. The Morgan fingerprint density at radius 2 is 1.54 bits per heavy atom. The number of ether oxygens (including phenoxy) is 3. The Balaban J connectivity index is 1.68. The summed E-state index contributed by atoms with van der Waals surface area (Å²) >= 11 is 0. The van der Waals surface area contributed by atoms with Crippen molar-refractivity contribution in [2.75, 3.05) is 24.3 Å². The largest absolute Gasteiger partial charge is 0.497 e. The van der Waals surface area contributed by atoms with Crippen LogP contribution in [0.3, 0.4) is 0 Å². The smallest absolute Gasteiger partial charge is 0.265 e. The molecule has 0 aliphatic heterocycles. The monoisotopic (exact) mass is 498 g/mol. The van der Waals surface area contributed by atoms with Gasteiger partial charge < -0.3 is 19.5 Å². The number of hydrogen-bond donors (Lipinski definition) is 2. The summed E-state index contributed by atoms with van der Waals surface area (Å²) in [6.07, 6.45) is -0.748. The first kappa shape index (κ1) is 25.9. The Bertz CT molecular complexity index is 1270. The Morgan fingerprint density at radius 1 is 0.857 bits per heavy atom. The first-order chi connectivity index (χ1) is 16.6. The van der Waals surface area contributed by atoms with Crippen molar-refractivity contribution in [2.24, 2.45) is 0 Å². The maximum absolute atomic E-state index is 12.9. The molecule has 8 nitrogen and oxygen atoms in total. The fraction of sp³-hybridized carbons (Fsp3) is 0.269. The molecule has 0 radical (unpaired) electrons. The SMILES string of the molecule is COc1ccc(NS(=O)(=O)c2ccc(NC(=O)[C@H](C)Oc3ccccc3C(C)C)cc2)c(OC)c1. The van der Waals surface area contributed by atoms with Crippen LogP contribution in [0.5, 0.6) is 17.2 Å². The van der Waals surface area contributed by atoms with Crippen LogP contribution in [0.15, 0.2) is 71.6 Å². The summed E-state index contributed by atoms with van der Waals surface area (Å²) in [4.78, 5) is 12.7. The Morgan fingerprint density at radius 3 is 2.17 bits per heavy atom. The summed E-state index contributed by atoms with van der Waals surface area (Å²) in [6, 6.07) is 18.2. The van der Waals surface area contributed by atoms with E-state index in [4.69, 9.17) is 14.2 Å². The van der Waals surface area contributed by atoms with Crippen LogP contribution in [0.25, 0.3) is 0 Å². The normalized spacial score (nSPS) is 12.1. The highest BCUT2D eigenvalue weighted by molar-refractivity contribution is 7.92. The zero-order valence-electron chi connectivity index (χ0n) is 20.4. The van der Waals surface area contributed by atoms with Crippen molar-refractivity contribution in [2.45, 2.75) is 37.7 Å². The zero-order valence-corrected chi connectivity index (χ0v) is 21.2. The molecule has 2 N–H and O–H groups in total. The minimum Gasteiger partial charge on any atom is -0.497 e. The number of methoxy groups -OCH3 is 2. The second kappa shape index (κ2) is 11.1. The minimum atomic E-state index is -3.89. The number of anilines is 2. The summed E-state index contributed by atoms with van der Waals surface area (Å²) in [5.41, 5.74) is 1.74. The predicted molar refractivity (Wildman–Crippen MR) is 136 cm³/mol. The third-order valence-electron chi connectivity index (χ3n) is 5.30. The fourth-order valence-corrected chi connectivity index (χ4v) is 4.43. The number of hydrogen-bond acceptors (Lipinski definition) is 6. The van der Waals surface area contributed by atoms with Gasteiger partial charge in [0.05, 0.1) is 24.8 Å². The van der Waals surface area contributed by atoms with Crippen LogP contribution >= 0.6 is 0 Å². The summed E-state index contributed by atoms with van der Waals surface area (Å²) in [5.74, 6) is 1.43. The lowest BCUT2D eigenvalue weighted by Crippen LogP contribution is -2.30. The summed E-state index contributed by atoms with van der Waals surface area (Å²) in [5, 5.41) is 2.76. The Labute approximate surface area is 206 Å². The summed E-state index contributed by atoms with van der Waals surface area (Å²) in [7, 11) is -0.938. The standard InChI is InChI=1S/C26H30N2O6S/c1-17(2)22-8-6-7-9-24(22)34-18(3)26(29)27-19-10-13-21(14-11-19)35(30,31)28-23-15-12-20(32-4)16-25(23)33-5/h6-18,28H,1-5H3,(H,27,29)/t18-/m0/s1. The van der Waals surface area contributed by atoms with E-state index in [9.17, 15) is 13.2 Å². The van der Waals surface area contributed by atoms with Gasteiger partial charge in [-0.3, -0.25) is 9.52 Å². The van der Waals surface area contributed by atoms with Crippen molar-refractivity contribution in [3.63, 3.8) is 0 Å². The number of carbonyl (C=O) groups is 1. The molecule has 0 saturated carbocycles. The number of para-hydroxylation sites is 1. The van der Waals surface area contributed by atoms with Crippen LogP contribution < -0.4 is 24.2 Å². The van der Waals surface area contributed by atoms with Crippen LogP contribution in [0, 0.1) is 0 Å². The zero-order chi connectivity index (χ0) is 25.6. The second-order valence-corrected chi connectivity index (χ2v) is 9.82. The number of amides is 1. The van der Waals surface area contributed by atoms with Gasteiger partial charge in [0.2, 0.25) is 0 Å². The quantitative estimate of drug-likeness (QED) is 0.406.